The smallest absolute Gasteiger partial charge is 0.353 e. The highest BCUT2D eigenvalue weighted by atomic mass is 16.6. The lowest BCUT2D eigenvalue weighted by Gasteiger charge is -2.10. The third kappa shape index (κ3) is 11.4. The third-order valence-corrected chi connectivity index (χ3v) is 6.13. The van der Waals surface area contributed by atoms with Crippen molar-refractivity contribution >= 4 is 17.3 Å². The molecule has 0 fully saturated rings. The van der Waals surface area contributed by atoms with E-state index in [9.17, 15) is 10.1 Å². The fraction of sp³-hybridized carbons (Fsp3) is 0.630. The Morgan fingerprint density at radius 3 is 1.76 bits per heavy atom. The molecule has 0 bridgehead atoms. The van der Waals surface area contributed by atoms with Crippen LogP contribution in [0.3, 0.4) is 0 Å². The van der Waals surface area contributed by atoms with Crippen molar-refractivity contribution in [3.8, 4) is 0 Å². The molecule has 1 aromatic carbocycles. The van der Waals surface area contributed by atoms with Gasteiger partial charge in [-0.05, 0) is 12.0 Å². The van der Waals surface area contributed by atoms with E-state index in [1.807, 2.05) is 30.3 Å². The van der Waals surface area contributed by atoms with Gasteiger partial charge in [0, 0.05) is 13.1 Å². The van der Waals surface area contributed by atoms with Gasteiger partial charge < -0.3 is 10.6 Å². The minimum absolute atomic E-state index is 0.0937. The number of nitrogens with one attached hydrogen (secondary N) is 2. The zero-order valence-corrected chi connectivity index (χ0v) is 20.9. The van der Waals surface area contributed by atoms with E-state index >= 15 is 0 Å². The Balaban J connectivity index is 1.58. The molecule has 0 radical (unpaired) electrons. The minimum Gasteiger partial charge on any atom is -0.364 e. The molecule has 0 aliphatic rings. The van der Waals surface area contributed by atoms with Gasteiger partial charge in [0.2, 0.25) is 11.6 Å². The molecule has 1 heterocycles. The average molecular weight is 470 g/mol. The highest BCUT2D eigenvalue weighted by molar-refractivity contribution is 5.69. The first-order valence-electron chi connectivity index (χ1n) is 13.2. The molecule has 7 nitrogen and oxygen atoms in total. The van der Waals surface area contributed by atoms with Gasteiger partial charge in [-0.25, -0.2) is 9.97 Å². The quantitative estimate of drug-likeness (QED) is 0.116. The maximum absolute atomic E-state index is 11.7. The van der Waals surface area contributed by atoms with Crippen LogP contribution in [0.2, 0.25) is 0 Å². The van der Waals surface area contributed by atoms with Crippen molar-refractivity contribution in [1.29, 1.82) is 0 Å². The number of aromatic nitrogens is 2. The molecular weight excluding hydrogens is 426 g/mol. The topological polar surface area (TPSA) is 93.0 Å². The fourth-order valence-corrected chi connectivity index (χ4v) is 4.12. The zero-order chi connectivity index (χ0) is 24.3. The van der Waals surface area contributed by atoms with Crippen LogP contribution < -0.4 is 10.6 Å². The lowest BCUT2D eigenvalue weighted by atomic mass is 10.0. The van der Waals surface area contributed by atoms with Crippen molar-refractivity contribution in [2.45, 2.75) is 103 Å². The summed E-state index contributed by atoms with van der Waals surface area (Å²) in [6.07, 6.45) is 19.7. The summed E-state index contributed by atoms with van der Waals surface area (Å²) in [6, 6.07) is 9.75. The van der Waals surface area contributed by atoms with Gasteiger partial charge in [-0.2, -0.15) is 0 Å². The summed E-state index contributed by atoms with van der Waals surface area (Å²) < 4.78 is 0. The summed E-state index contributed by atoms with van der Waals surface area (Å²) in [6.45, 7) is 3.41. The first-order chi connectivity index (χ1) is 16.7. The first-order valence-corrected chi connectivity index (χ1v) is 13.2. The predicted molar refractivity (Wildman–Crippen MR) is 141 cm³/mol. The Labute approximate surface area is 205 Å². The van der Waals surface area contributed by atoms with Crippen molar-refractivity contribution in [3.63, 3.8) is 0 Å². The standard InChI is InChI=1S/C27H43N5O2/c1-2-3-4-5-6-7-8-9-10-11-12-13-14-18-21-28-26-25(32(33)34)27(31-23-30-26)29-22-24-19-16-15-17-20-24/h15-17,19-20,23H,2-14,18,21-22H2,1H3,(H2,28,29,30,31). The molecule has 188 valence electrons. The molecule has 0 unspecified atom stereocenters. The van der Waals surface area contributed by atoms with Gasteiger partial charge in [0.1, 0.15) is 6.33 Å². The van der Waals surface area contributed by atoms with E-state index in [2.05, 4.69) is 27.5 Å². The Morgan fingerprint density at radius 1 is 0.735 bits per heavy atom. The predicted octanol–water partition coefficient (Wildman–Crippen LogP) is 7.89. The van der Waals surface area contributed by atoms with Gasteiger partial charge in [-0.15, -0.1) is 0 Å². The van der Waals surface area contributed by atoms with Crippen LogP contribution in [-0.2, 0) is 6.54 Å². The number of benzene rings is 1. The molecule has 0 aliphatic heterocycles. The van der Waals surface area contributed by atoms with E-state index in [-0.39, 0.29) is 17.3 Å². The number of rotatable bonds is 20. The number of anilines is 2. The number of nitro groups is 1. The van der Waals surface area contributed by atoms with Crippen LogP contribution in [0.1, 0.15) is 102 Å². The molecule has 2 N–H and O–H groups in total. The molecule has 2 rings (SSSR count). The Hall–Kier alpha value is -2.70. The summed E-state index contributed by atoms with van der Waals surface area (Å²) in [5, 5.41) is 17.9. The molecule has 0 amide bonds. The first kappa shape index (κ1) is 27.5. The summed E-state index contributed by atoms with van der Waals surface area (Å²) in [7, 11) is 0. The molecule has 0 atom stereocenters. The minimum atomic E-state index is -0.416. The molecule has 0 spiro atoms. The van der Waals surface area contributed by atoms with Crippen molar-refractivity contribution in [1.82, 2.24) is 9.97 Å². The van der Waals surface area contributed by atoms with Crippen molar-refractivity contribution < 1.29 is 4.92 Å². The molecule has 7 heteroatoms. The summed E-state index contributed by atoms with van der Waals surface area (Å²) in [5.74, 6) is 0.526. The zero-order valence-electron chi connectivity index (χ0n) is 20.9. The Bertz CT molecular complexity index is 801. The van der Waals surface area contributed by atoms with Gasteiger partial charge in [-0.1, -0.05) is 121 Å². The van der Waals surface area contributed by atoms with Gasteiger partial charge in [0.05, 0.1) is 4.92 Å². The lowest BCUT2D eigenvalue weighted by Crippen LogP contribution is -2.10. The van der Waals surface area contributed by atoms with Crippen LogP contribution in [-0.4, -0.2) is 21.4 Å². The Kier molecular flexibility index (Phi) is 14.4. The fourth-order valence-electron chi connectivity index (χ4n) is 4.12. The van der Waals surface area contributed by atoms with Crippen molar-refractivity contribution in [2.24, 2.45) is 0 Å². The van der Waals surface area contributed by atoms with Crippen LogP contribution >= 0.6 is 0 Å². The summed E-state index contributed by atoms with van der Waals surface area (Å²) >= 11 is 0. The highest BCUT2D eigenvalue weighted by Crippen LogP contribution is 2.29. The van der Waals surface area contributed by atoms with Crippen LogP contribution in [0.25, 0.3) is 0 Å². The monoisotopic (exact) mass is 469 g/mol. The van der Waals surface area contributed by atoms with E-state index in [1.165, 1.54) is 83.4 Å². The van der Waals surface area contributed by atoms with E-state index in [0.717, 1.165) is 18.4 Å². The van der Waals surface area contributed by atoms with E-state index in [0.29, 0.717) is 13.1 Å². The van der Waals surface area contributed by atoms with Gasteiger partial charge >= 0.3 is 5.69 Å². The maximum atomic E-state index is 11.7. The SMILES string of the molecule is CCCCCCCCCCCCCCCCNc1ncnc(NCc2ccccc2)c1[N+](=O)[O-]. The van der Waals surface area contributed by atoms with Gasteiger partial charge in [0.15, 0.2) is 0 Å². The summed E-state index contributed by atoms with van der Waals surface area (Å²) in [5.41, 5.74) is 0.941. The average Bonchev–Trinajstić information content (AvgIpc) is 2.85. The van der Waals surface area contributed by atoms with Crippen molar-refractivity contribution in [2.75, 3.05) is 17.2 Å². The molecule has 2 aromatic rings. The highest BCUT2D eigenvalue weighted by Gasteiger charge is 2.22. The van der Waals surface area contributed by atoms with Crippen LogP contribution in [0, 0.1) is 10.1 Å². The molecule has 34 heavy (non-hydrogen) atoms. The van der Waals surface area contributed by atoms with Crippen LogP contribution in [0.5, 0.6) is 0 Å². The summed E-state index contributed by atoms with van der Waals surface area (Å²) in [4.78, 5) is 19.5. The second kappa shape index (κ2) is 17.7. The number of nitrogens with zero attached hydrogens (tertiary/aromatic N) is 3. The second-order valence-electron chi connectivity index (χ2n) is 9.04. The van der Waals surface area contributed by atoms with Crippen LogP contribution in [0.4, 0.5) is 17.3 Å². The van der Waals surface area contributed by atoms with Crippen molar-refractivity contribution in [3.05, 3.63) is 52.3 Å². The number of unbranched alkanes of at least 4 members (excludes halogenated alkanes) is 13. The molecular formula is C27H43N5O2. The molecule has 0 aliphatic carbocycles. The van der Waals surface area contributed by atoms with E-state index in [1.54, 1.807) is 0 Å². The van der Waals surface area contributed by atoms with E-state index < -0.39 is 4.92 Å². The third-order valence-electron chi connectivity index (χ3n) is 6.13. The molecule has 0 saturated heterocycles. The maximum Gasteiger partial charge on any atom is 0.353 e. The van der Waals surface area contributed by atoms with Crippen LogP contribution in [0.15, 0.2) is 36.7 Å². The van der Waals surface area contributed by atoms with Gasteiger partial charge in [-0.3, -0.25) is 10.1 Å². The van der Waals surface area contributed by atoms with Gasteiger partial charge in [0.25, 0.3) is 0 Å². The lowest BCUT2D eigenvalue weighted by molar-refractivity contribution is -0.383. The molecule has 0 saturated carbocycles. The Morgan fingerprint density at radius 2 is 1.24 bits per heavy atom. The number of hydrogen-bond acceptors (Lipinski definition) is 6. The molecule has 1 aromatic heterocycles. The van der Waals surface area contributed by atoms with E-state index in [4.69, 9.17) is 0 Å². The number of hydrogen-bond donors (Lipinski definition) is 2. The normalized spacial score (nSPS) is 10.9. The second-order valence-corrected chi connectivity index (χ2v) is 9.04. The largest absolute Gasteiger partial charge is 0.364 e.